The molecular weight excluding hydrogens is 276 g/mol. The van der Waals surface area contributed by atoms with E-state index in [0.29, 0.717) is 15.5 Å². The summed E-state index contributed by atoms with van der Waals surface area (Å²) in [6.07, 6.45) is 1.53. The van der Waals surface area contributed by atoms with Crippen molar-refractivity contribution < 1.29 is 14.6 Å². The van der Waals surface area contributed by atoms with Crippen molar-refractivity contribution in [1.29, 1.82) is 0 Å². The van der Waals surface area contributed by atoms with Gasteiger partial charge in [-0.3, -0.25) is 4.79 Å². The minimum atomic E-state index is -0.418. The Bertz CT molecular complexity index is 584. The lowest BCUT2D eigenvalue weighted by molar-refractivity contribution is -0.113. The first-order valence-corrected chi connectivity index (χ1v) is 6.05. The van der Waals surface area contributed by atoms with Crippen LogP contribution in [-0.2, 0) is 4.79 Å². The van der Waals surface area contributed by atoms with Gasteiger partial charge in [-0.2, -0.15) is 4.99 Å². The number of amides is 1. The molecule has 3 N–H and O–H groups in total. The third-order valence-electron chi connectivity index (χ3n) is 2.19. The van der Waals surface area contributed by atoms with Gasteiger partial charge in [-0.05, 0) is 23.9 Å². The molecule has 1 aromatic carbocycles. The summed E-state index contributed by atoms with van der Waals surface area (Å²) < 4.78 is 5.06. The number of hydrogen-bond acceptors (Lipinski definition) is 5. The number of phenolic OH excluding ortho intramolecular Hbond substituents is 1. The standard InChI is InChI=1S/C11H9ClN2O3S/c1-17-9-5(2-6(12)4-7(9)15)3-8-10(16)14-11(13)18-8/h2-4,15H,1H3,(H2,13,14,16)/b8-3+. The van der Waals surface area contributed by atoms with Crippen molar-refractivity contribution in [2.24, 2.45) is 10.7 Å². The molecule has 0 atom stereocenters. The van der Waals surface area contributed by atoms with Crippen LogP contribution >= 0.6 is 23.4 Å². The molecule has 1 heterocycles. The molecule has 94 valence electrons. The smallest absolute Gasteiger partial charge is 0.286 e. The molecule has 5 nitrogen and oxygen atoms in total. The fourth-order valence-electron chi connectivity index (χ4n) is 1.50. The van der Waals surface area contributed by atoms with Gasteiger partial charge in [0.1, 0.15) is 0 Å². The van der Waals surface area contributed by atoms with Gasteiger partial charge in [-0.1, -0.05) is 11.6 Å². The monoisotopic (exact) mass is 284 g/mol. The number of carbonyl (C=O) groups excluding carboxylic acids is 1. The fraction of sp³-hybridized carbons (Fsp3) is 0.0909. The number of phenols is 1. The van der Waals surface area contributed by atoms with Crippen LogP contribution in [0.1, 0.15) is 5.56 Å². The van der Waals surface area contributed by atoms with Crippen molar-refractivity contribution in [3.05, 3.63) is 27.6 Å². The Balaban J connectivity index is 2.47. The summed E-state index contributed by atoms with van der Waals surface area (Å²) >= 11 is 6.90. The molecule has 1 aromatic rings. The molecule has 7 heteroatoms. The third kappa shape index (κ3) is 2.44. The second-order valence-corrected chi connectivity index (χ2v) is 4.91. The Morgan fingerprint density at radius 3 is 2.83 bits per heavy atom. The highest BCUT2D eigenvalue weighted by Gasteiger charge is 2.20. The highest BCUT2D eigenvalue weighted by atomic mass is 35.5. The molecule has 0 unspecified atom stereocenters. The van der Waals surface area contributed by atoms with Crippen molar-refractivity contribution in [1.82, 2.24) is 0 Å². The molecule has 1 aliphatic rings. The number of ether oxygens (including phenoxy) is 1. The number of aromatic hydroxyl groups is 1. The van der Waals surface area contributed by atoms with Crippen LogP contribution < -0.4 is 10.5 Å². The molecule has 0 aromatic heterocycles. The van der Waals surface area contributed by atoms with Gasteiger partial charge in [-0.15, -0.1) is 0 Å². The summed E-state index contributed by atoms with van der Waals surface area (Å²) in [6, 6.07) is 2.94. The molecule has 0 saturated heterocycles. The average molecular weight is 285 g/mol. The highest BCUT2D eigenvalue weighted by Crippen LogP contribution is 2.37. The van der Waals surface area contributed by atoms with E-state index in [1.807, 2.05) is 0 Å². The molecule has 2 rings (SSSR count). The normalized spacial score (nSPS) is 17.1. The number of aliphatic imine (C=N–C) groups is 1. The van der Waals surface area contributed by atoms with Crippen molar-refractivity contribution in [2.75, 3.05) is 7.11 Å². The van der Waals surface area contributed by atoms with Crippen molar-refractivity contribution in [3.8, 4) is 11.5 Å². The molecule has 0 radical (unpaired) electrons. The van der Waals surface area contributed by atoms with Crippen LogP contribution in [0.4, 0.5) is 0 Å². The summed E-state index contributed by atoms with van der Waals surface area (Å²) in [5.41, 5.74) is 5.93. The number of nitrogens with two attached hydrogens (primary N) is 1. The molecule has 0 aliphatic carbocycles. The second-order valence-electron chi connectivity index (χ2n) is 3.41. The number of nitrogens with zero attached hydrogens (tertiary/aromatic N) is 1. The van der Waals surface area contributed by atoms with Crippen LogP contribution in [0.15, 0.2) is 22.0 Å². The van der Waals surface area contributed by atoms with E-state index >= 15 is 0 Å². The molecule has 0 bridgehead atoms. The first-order chi connectivity index (χ1) is 8.51. The molecular formula is C11H9ClN2O3S. The summed E-state index contributed by atoms with van der Waals surface area (Å²) in [7, 11) is 1.42. The lowest BCUT2D eigenvalue weighted by Crippen LogP contribution is -2.01. The van der Waals surface area contributed by atoms with E-state index < -0.39 is 5.91 Å². The quantitative estimate of drug-likeness (QED) is 0.811. The van der Waals surface area contributed by atoms with Gasteiger partial charge < -0.3 is 15.6 Å². The predicted molar refractivity (Wildman–Crippen MR) is 71.9 cm³/mol. The first-order valence-electron chi connectivity index (χ1n) is 4.86. The van der Waals surface area contributed by atoms with Crippen molar-refractivity contribution in [3.63, 3.8) is 0 Å². The van der Waals surface area contributed by atoms with Crippen LogP contribution in [0.25, 0.3) is 6.08 Å². The van der Waals surface area contributed by atoms with Crippen LogP contribution in [0, 0.1) is 0 Å². The molecule has 0 spiro atoms. The molecule has 1 aliphatic heterocycles. The van der Waals surface area contributed by atoms with Gasteiger partial charge in [0.05, 0.1) is 12.0 Å². The fourth-order valence-corrected chi connectivity index (χ4v) is 2.39. The van der Waals surface area contributed by atoms with E-state index in [2.05, 4.69) is 4.99 Å². The van der Waals surface area contributed by atoms with Gasteiger partial charge in [0, 0.05) is 16.7 Å². The maximum atomic E-state index is 11.5. The highest BCUT2D eigenvalue weighted by molar-refractivity contribution is 8.18. The Kier molecular flexibility index (Phi) is 3.49. The minimum Gasteiger partial charge on any atom is -0.504 e. The SMILES string of the molecule is COc1c(O)cc(Cl)cc1/C=C1/SC(N)=NC1=O. The summed E-state index contributed by atoms with van der Waals surface area (Å²) in [6.45, 7) is 0. The van der Waals surface area contributed by atoms with Crippen LogP contribution in [0.2, 0.25) is 5.02 Å². The van der Waals surface area contributed by atoms with Gasteiger partial charge in [-0.25, -0.2) is 0 Å². The molecule has 18 heavy (non-hydrogen) atoms. The summed E-state index contributed by atoms with van der Waals surface area (Å²) in [4.78, 5) is 15.4. The number of carbonyl (C=O) groups is 1. The van der Waals surface area contributed by atoms with Gasteiger partial charge >= 0.3 is 0 Å². The lowest BCUT2D eigenvalue weighted by Gasteiger charge is -2.08. The average Bonchev–Trinajstić information content (AvgIpc) is 2.57. The largest absolute Gasteiger partial charge is 0.504 e. The summed E-state index contributed by atoms with van der Waals surface area (Å²) in [5, 5.41) is 10.2. The maximum absolute atomic E-state index is 11.5. The van der Waals surface area contributed by atoms with Crippen molar-refractivity contribution in [2.45, 2.75) is 0 Å². The number of thioether (sulfide) groups is 1. The zero-order valence-corrected chi connectivity index (χ0v) is 10.9. The summed E-state index contributed by atoms with van der Waals surface area (Å²) in [5.74, 6) is -0.272. The van der Waals surface area contributed by atoms with Gasteiger partial charge in [0.25, 0.3) is 5.91 Å². The number of halogens is 1. The molecule has 0 fully saturated rings. The number of benzene rings is 1. The van der Waals surface area contributed by atoms with Gasteiger partial charge in [0.15, 0.2) is 16.7 Å². The van der Waals surface area contributed by atoms with E-state index in [-0.39, 0.29) is 16.7 Å². The van der Waals surface area contributed by atoms with Crippen LogP contribution in [0.5, 0.6) is 11.5 Å². The number of methoxy groups -OCH3 is 1. The van der Waals surface area contributed by atoms with E-state index in [0.717, 1.165) is 11.8 Å². The number of rotatable bonds is 2. The second kappa shape index (κ2) is 4.91. The van der Waals surface area contributed by atoms with E-state index in [1.54, 1.807) is 6.07 Å². The third-order valence-corrected chi connectivity index (χ3v) is 3.22. The Morgan fingerprint density at radius 1 is 1.56 bits per heavy atom. The Hall–Kier alpha value is -1.66. The van der Waals surface area contributed by atoms with Crippen molar-refractivity contribution >= 4 is 40.5 Å². The Morgan fingerprint density at radius 2 is 2.28 bits per heavy atom. The van der Waals surface area contributed by atoms with E-state index in [4.69, 9.17) is 22.1 Å². The van der Waals surface area contributed by atoms with E-state index in [1.165, 1.54) is 19.3 Å². The predicted octanol–water partition coefficient (Wildman–Crippen LogP) is 1.98. The topological polar surface area (TPSA) is 84.9 Å². The lowest BCUT2D eigenvalue weighted by atomic mass is 10.1. The number of hydrogen-bond donors (Lipinski definition) is 2. The Labute approximate surface area is 112 Å². The zero-order chi connectivity index (χ0) is 13.3. The molecule has 0 saturated carbocycles. The van der Waals surface area contributed by atoms with Crippen LogP contribution in [0.3, 0.4) is 0 Å². The maximum Gasteiger partial charge on any atom is 0.286 e. The van der Waals surface area contributed by atoms with Crippen LogP contribution in [-0.4, -0.2) is 23.3 Å². The first kappa shape index (κ1) is 12.8. The number of amidine groups is 1. The van der Waals surface area contributed by atoms with Gasteiger partial charge in [0.2, 0.25) is 0 Å². The zero-order valence-electron chi connectivity index (χ0n) is 9.31. The minimum absolute atomic E-state index is 0.0961. The van der Waals surface area contributed by atoms with E-state index in [9.17, 15) is 9.90 Å². The molecule has 1 amide bonds.